The summed E-state index contributed by atoms with van der Waals surface area (Å²) < 4.78 is 42.6. The molecule has 0 spiro atoms. The van der Waals surface area contributed by atoms with E-state index < -0.39 is 18.7 Å². The molecule has 0 saturated carbocycles. The molecule has 10 heteroatoms. The number of nitrogens with one attached hydrogen (secondary N) is 2. The van der Waals surface area contributed by atoms with Crippen LogP contribution in [-0.4, -0.2) is 31.2 Å². The summed E-state index contributed by atoms with van der Waals surface area (Å²) in [6, 6.07) is 11.9. The number of aryl methyl sites for hydroxylation is 1. The molecule has 0 aliphatic heterocycles. The van der Waals surface area contributed by atoms with Gasteiger partial charge in [0.15, 0.2) is 12.6 Å². The molecule has 0 heterocycles. The lowest BCUT2D eigenvalue weighted by Gasteiger charge is -2.16. The predicted molar refractivity (Wildman–Crippen MR) is 125 cm³/mol. The number of alkyl halides is 3. The summed E-state index contributed by atoms with van der Waals surface area (Å²) in [7, 11) is 0. The lowest BCUT2D eigenvalue weighted by atomic mass is 10.1. The van der Waals surface area contributed by atoms with E-state index in [-0.39, 0.29) is 36.3 Å². The van der Waals surface area contributed by atoms with Gasteiger partial charge in [-0.15, -0.1) is 24.0 Å². The van der Waals surface area contributed by atoms with Crippen LogP contribution in [0.15, 0.2) is 47.5 Å². The van der Waals surface area contributed by atoms with Crippen molar-refractivity contribution in [2.24, 2.45) is 10.7 Å². The number of guanidine groups is 1. The fourth-order valence-electron chi connectivity index (χ4n) is 2.62. The molecule has 0 aromatic heterocycles. The first-order chi connectivity index (χ1) is 14.2. The molecule has 2 aromatic carbocycles. The molecule has 2 rings (SSSR count). The van der Waals surface area contributed by atoms with Gasteiger partial charge in [-0.2, -0.15) is 13.2 Å². The van der Waals surface area contributed by atoms with Crippen LogP contribution in [0.1, 0.15) is 34.0 Å². The van der Waals surface area contributed by atoms with Gasteiger partial charge in [0.2, 0.25) is 5.91 Å². The largest absolute Gasteiger partial charge is 0.484 e. The van der Waals surface area contributed by atoms with Gasteiger partial charge in [0.05, 0.1) is 6.54 Å². The molecule has 0 unspecified atom stereocenters. The van der Waals surface area contributed by atoms with E-state index in [0.29, 0.717) is 30.2 Å². The maximum Gasteiger partial charge on any atom is 0.422 e. The lowest BCUT2D eigenvalue weighted by Crippen LogP contribution is -2.37. The van der Waals surface area contributed by atoms with Gasteiger partial charge in [-0.25, -0.2) is 4.99 Å². The molecule has 0 bridgehead atoms. The van der Waals surface area contributed by atoms with E-state index in [2.05, 4.69) is 15.6 Å². The zero-order valence-corrected chi connectivity index (χ0v) is 19.6. The number of halogens is 4. The second-order valence-electron chi connectivity index (χ2n) is 6.63. The number of benzene rings is 2. The van der Waals surface area contributed by atoms with Gasteiger partial charge in [0.1, 0.15) is 5.75 Å². The number of hydrogen-bond donors (Lipinski definition) is 3. The Kier molecular flexibility index (Phi) is 10.6. The topological polar surface area (TPSA) is 88.7 Å². The number of hydrogen-bond acceptors (Lipinski definition) is 3. The van der Waals surface area contributed by atoms with Crippen LogP contribution in [0, 0.1) is 6.92 Å². The summed E-state index contributed by atoms with van der Waals surface area (Å²) in [5.41, 5.74) is 7.86. The Morgan fingerprint density at radius 1 is 1.16 bits per heavy atom. The Morgan fingerprint density at radius 3 is 2.55 bits per heavy atom. The second-order valence-corrected chi connectivity index (χ2v) is 6.63. The molecule has 170 valence electrons. The van der Waals surface area contributed by atoms with Crippen molar-refractivity contribution < 1.29 is 22.7 Å². The monoisotopic (exact) mass is 550 g/mol. The molecule has 0 fully saturated rings. The minimum absolute atomic E-state index is 0. The highest BCUT2D eigenvalue weighted by Gasteiger charge is 2.28. The van der Waals surface area contributed by atoms with Crippen molar-refractivity contribution in [3.05, 3.63) is 64.7 Å². The summed E-state index contributed by atoms with van der Waals surface area (Å²) in [5.74, 6) is 0.130. The smallest absolute Gasteiger partial charge is 0.422 e. The van der Waals surface area contributed by atoms with E-state index in [9.17, 15) is 18.0 Å². The molecule has 6 nitrogen and oxygen atoms in total. The number of amides is 1. The molecule has 31 heavy (non-hydrogen) atoms. The predicted octanol–water partition coefficient (Wildman–Crippen LogP) is 3.91. The molecule has 4 N–H and O–H groups in total. The number of nitrogens with zero attached hydrogens (tertiary/aromatic N) is 1. The molecule has 2 aromatic rings. The van der Waals surface area contributed by atoms with Gasteiger partial charge in [0, 0.05) is 24.2 Å². The molecule has 0 saturated heterocycles. The Hall–Kier alpha value is -2.50. The summed E-state index contributed by atoms with van der Waals surface area (Å²) in [6.07, 6.45) is -4.41. The van der Waals surface area contributed by atoms with Crippen molar-refractivity contribution in [1.82, 2.24) is 10.6 Å². The van der Waals surface area contributed by atoms with E-state index in [4.69, 9.17) is 10.5 Å². The standard InChI is InChI=1S/C21H25F3N4O2.HI/c1-3-26-20(27-11-15-5-4-6-16(10-15)19(25)29)28-12-17-8-7-14(2)9-18(17)30-13-21(22,23)24;/h4-10H,3,11-13H2,1-2H3,(H2,25,29)(H2,26,27,28);1H. The van der Waals surface area contributed by atoms with Crippen molar-refractivity contribution in [3.63, 3.8) is 0 Å². The van der Waals surface area contributed by atoms with Crippen LogP contribution in [0.25, 0.3) is 0 Å². The van der Waals surface area contributed by atoms with Crippen molar-refractivity contribution in [1.29, 1.82) is 0 Å². The number of aliphatic imine (C=N–C) groups is 1. The first-order valence-corrected chi connectivity index (χ1v) is 9.38. The molecule has 1 amide bonds. The fourth-order valence-corrected chi connectivity index (χ4v) is 2.62. The minimum atomic E-state index is -4.41. The van der Waals surface area contributed by atoms with E-state index in [1.54, 1.807) is 43.3 Å². The quantitative estimate of drug-likeness (QED) is 0.264. The van der Waals surface area contributed by atoms with Crippen LogP contribution < -0.4 is 21.1 Å². The van der Waals surface area contributed by atoms with Crippen LogP contribution in [-0.2, 0) is 13.1 Å². The molecule has 0 aliphatic rings. The van der Waals surface area contributed by atoms with Crippen LogP contribution in [0.5, 0.6) is 5.75 Å². The summed E-state index contributed by atoms with van der Waals surface area (Å²) >= 11 is 0. The van der Waals surface area contributed by atoms with Crippen LogP contribution >= 0.6 is 24.0 Å². The maximum absolute atomic E-state index is 12.5. The third-order valence-corrected chi connectivity index (χ3v) is 4.04. The van der Waals surface area contributed by atoms with E-state index >= 15 is 0 Å². The maximum atomic E-state index is 12.5. The van der Waals surface area contributed by atoms with Crippen molar-refractivity contribution >= 4 is 35.8 Å². The first kappa shape index (κ1) is 26.5. The fraction of sp³-hybridized carbons (Fsp3) is 0.333. The molecular weight excluding hydrogens is 524 g/mol. The van der Waals surface area contributed by atoms with Crippen molar-refractivity contribution in [2.75, 3.05) is 13.2 Å². The number of carbonyl (C=O) groups excluding carboxylic acids is 1. The van der Waals surface area contributed by atoms with Gasteiger partial charge in [-0.1, -0.05) is 24.3 Å². The number of nitrogens with two attached hydrogens (primary N) is 1. The molecule has 0 aliphatic carbocycles. The highest BCUT2D eigenvalue weighted by Crippen LogP contribution is 2.23. The Morgan fingerprint density at radius 2 is 1.90 bits per heavy atom. The number of primary amides is 1. The zero-order chi connectivity index (χ0) is 22.1. The van der Waals surface area contributed by atoms with Crippen LogP contribution in [0.4, 0.5) is 13.2 Å². The minimum Gasteiger partial charge on any atom is -0.484 e. The molecular formula is C21H26F3IN4O2. The normalized spacial score (nSPS) is 11.5. The van der Waals surface area contributed by atoms with E-state index in [1.165, 1.54) is 0 Å². The first-order valence-electron chi connectivity index (χ1n) is 9.38. The Balaban J connectivity index is 0.00000480. The number of ether oxygens (including phenoxy) is 1. The zero-order valence-electron chi connectivity index (χ0n) is 17.3. The summed E-state index contributed by atoms with van der Waals surface area (Å²) in [6.45, 7) is 3.44. The summed E-state index contributed by atoms with van der Waals surface area (Å²) in [5, 5.41) is 6.16. The Bertz CT molecular complexity index is 904. The third-order valence-electron chi connectivity index (χ3n) is 4.04. The van der Waals surface area contributed by atoms with E-state index in [0.717, 1.165) is 11.1 Å². The molecule has 0 radical (unpaired) electrons. The highest BCUT2D eigenvalue weighted by molar-refractivity contribution is 14.0. The summed E-state index contributed by atoms with van der Waals surface area (Å²) in [4.78, 5) is 15.8. The second kappa shape index (κ2) is 12.4. The van der Waals surface area contributed by atoms with Crippen LogP contribution in [0.2, 0.25) is 0 Å². The highest BCUT2D eigenvalue weighted by atomic mass is 127. The van der Waals surface area contributed by atoms with Gasteiger partial charge in [0.25, 0.3) is 0 Å². The van der Waals surface area contributed by atoms with E-state index in [1.807, 2.05) is 13.0 Å². The Labute approximate surface area is 196 Å². The van der Waals surface area contributed by atoms with Gasteiger partial charge in [-0.05, 0) is 43.2 Å². The lowest BCUT2D eigenvalue weighted by molar-refractivity contribution is -0.153. The average Bonchev–Trinajstić information content (AvgIpc) is 2.69. The van der Waals surface area contributed by atoms with Gasteiger partial charge < -0.3 is 21.1 Å². The third kappa shape index (κ3) is 9.45. The SMILES string of the molecule is CCNC(=NCc1cccc(C(N)=O)c1)NCc1ccc(C)cc1OCC(F)(F)F.I. The van der Waals surface area contributed by atoms with Crippen molar-refractivity contribution in [2.45, 2.75) is 33.1 Å². The van der Waals surface area contributed by atoms with Gasteiger partial charge in [-0.3, -0.25) is 4.79 Å². The molecule has 0 atom stereocenters. The number of rotatable bonds is 8. The average molecular weight is 550 g/mol. The van der Waals surface area contributed by atoms with Crippen molar-refractivity contribution in [3.8, 4) is 5.75 Å². The van der Waals surface area contributed by atoms with Gasteiger partial charge >= 0.3 is 6.18 Å². The van der Waals surface area contributed by atoms with Crippen LogP contribution in [0.3, 0.4) is 0 Å². The number of carbonyl (C=O) groups is 1.